The number of Topliss-reactive ketones (excluding diaryl/α,β-unsaturated/α-hetero) is 1. The minimum absolute atomic E-state index is 0.104. The molecule has 3 atom stereocenters. The maximum absolute atomic E-state index is 14.2. The zero-order chi connectivity index (χ0) is 28.9. The van der Waals surface area contributed by atoms with Gasteiger partial charge in [0, 0.05) is 0 Å². The van der Waals surface area contributed by atoms with Crippen LogP contribution in [0.15, 0.2) is 60.7 Å². The van der Waals surface area contributed by atoms with Gasteiger partial charge in [-0.2, -0.15) is 0 Å². The average Bonchev–Trinajstić information content (AvgIpc) is 2.83. The van der Waals surface area contributed by atoms with Gasteiger partial charge in [0.15, 0.2) is 22.7 Å². The number of hydrogen-bond acceptors (Lipinski definition) is 6. The van der Waals surface area contributed by atoms with Crippen molar-refractivity contribution in [2.24, 2.45) is 0 Å². The van der Waals surface area contributed by atoms with Gasteiger partial charge in [-0.15, -0.1) is 0 Å². The van der Waals surface area contributed by atoms with E-state index >= 15 is 0 Å². The molecule has 6 nitrogen and oxygen atoms in total. The van der Waals surface area contributed by atoms with E-state index in [1.165, 1.54) is 0 Å². The van der Waals surface area contributed by atoms with Crippen LogP contribution < -0.4 is 0 Å². The van der Waals surface area contributed by atoms with E-state index in [2.05, 4.69) is 54.6 Å². The predicted octanol–water partition coefficient (Wildman–Crippen LogP) is 6.93. The lowest BCUT2D eigenvalue weighted by Gasteiger charge is -2.41. The van der Waals surface area contributed by atoms with Gasteiger partial charge in [0.25, 0.3) is 0 Å². The summed E-state index contributed by atoms with van der Waals surface area (Å²) < 4.78 is 18.7. The molecule has 8 heteroatoms. The second-order valence-corrected chi connectivity index (χ2v) is 22.5. The molecule has 1 N–H and O–H groups in total. The van der Waals surface area contributed by atoms with Gasteiger partial charge in [-0.25, -0.2) is 4.79 Å². The molecule has 0 amide bonds. The molecule has 2 aromatic rings. The monoisotopic (exact) mass is 558 g/mol. The molecule has 0 saturated carbocycles. The van der Waals surface area contributed by atoms with Crippen LogP contribution in [0.4, 0.5) is 0 Å². The van der Waals surface area contributed by atoms with Crippen LogP contribution in [-0.2, 0) is 18.4 Å². The standard InChI is InChI=1S/C30H46O6Si2/c1-29(2,3)37(7,8)34-21-24(35-28(33)23-19-15-12-16-20-23)26(32)27(36-38(9,10)30(4,5)6)25(31)22-17-13-11-14-18-22/h11-20,24-25,27,31H,21H2,1-10H3/t24-,25+,27+/m0/s1. The SMILES string of the molecule is CC(C)(C)[Si](C)(C)OC[C@H](OC(=O)c1ccccc1)C(=O)[C@H](O[Si](C)(C)C(C)(C)C)[C@H](O)c1ccccc1. The Labute approximate surface area is 231 Å². The molecule has 38 heavy (non-hydrogen) atoms. The lowest BCUT2D eigenvalue weighted by molar-refractivity contribution is -0.142. The van der Waals surface area contributed by atoms with Gasteiger partial charge in [-0.3, -0.25) is 4.79 Å². The van der Waals surface area contributed by atoms with Crippen molar-refractivity contribution < 1.29 is 28.3 Å². The second kappa shape index (κ2) is 12.4. The number of benzene rings is 2. The first-order valence-electron chi connectivity index (χ1n) is 13.2. The third kappa shape index (κ3) is 8.20. The molecule has 0 fully saturated rings. The highest BCUT2D eigenvalue weighted by atomic mass is 28.4. The van der Waals surface area contributed by atoms with Crippen molar-refractivity contribution in [1.29, 1.82) is 0 Å². The number of carbonyl (C=O) groups is 2. The van der Waals surface area contributed by atoms with E-state index in [0.717, 1.165) is 0 Å². The fraction of sp³-hybridized carbons (Fsp3) is 0.533. The summed E-state index contributed by atoms with van der Waals surface area (Å²) in [6.45, 7) is 20.6. The van der Waals surface area contributed by atoms with E-state index < -0.39 is 46.7 Å². The highest BCUT2D eigenvalue weighted by molar-refractivity contribution is 6.74. The van der Waals surface area contributed by atoms with Crippen LogP contribution in [0.2, 0.25) is 36.3 Å². The lowest BCUT2D eigenvalue weighted by Crippen LogP contribution is -2.52. The van der Waals surface area contributed by atoms with E-state index in [0.29, 0.717) is 11.1 Å². The quantitative estimate of drug-likeness (QED) is 0.238. The number of esters is 1. The van der Waals surface area contributed by atoms with Gasteiger partial charge in [0.1, 0.15) is 12.2 Å². The van der Waals surface area contributed by atoms with Gasteiger partial charge in [0.2, 0.25) is 5.78 Å². The van der Waals surface area contributed by atoms with Crippen molar-refractivity contribution in [2.75, 3.05) is 6.61 Å². The molecule has 210 valence electrons. The molecule has 0 aliphatic rings. The van der Waals surface area contributed by atoms with Gasteiger partial charge in [-0.1, -0.05) is 90.1 Å². The van der Waals surface area contributed by atoms with Crippen molar-refractivity contribution >= 4 is 28.4 Å². The lowest BCUT2D eigenvalue weighted by atomic mass is 9.99. The van der Waals surface area contributed by atoms with Gasteiger partial charge in [-0.05, 0) is 54.0 Å². The summed E-state index contributed by atoms with van der Waals surface area (Å²) in [6.07, 6.45) is -3.71. The summed E-state index contributed by atoms with van der Waals surface area (Å²) in [4.78, 5) is 27.3. The smallest absolute Gasteiger partial charge is 0.338 e. The van der Waals surface area contributed by atoms with Crippen LogP contribution in [0.3, 0.4) is 0 Å². The van der Waals surface area contributed by atoms with E-state index in [9.17, 15) is 14.7 Å². The Morgan fingerprint density at radius 2 is 1.26 bits per heavy atom. The Balaban J connectivity index is 2.49. The van der Waals surface area contributed by atoms with Crippen LogP contribution in [0.25, 0.3) is 0 Å². The summed E-state index contributed by atoms with van der Waals surface area (Å²) in [5.41, 5.74) is 0.895. The third-order valence-electron chi connectivity index (χ3n) is 7.91. The molecule has 0 spiro atoms. The molecule has 2 aromatic carbocycles. The predicted molar refractivity (Wildman–Crippen MR) is 157 cm³/mol. The number of hydrogen-bond donors (Lipinski definition) is 1. The molecular formula is C30H46O6Si2. The number of ketones is 1. The van der Waals surface area contributed by atoms with Crippen LogP contribution in [0.1, 0.15) is 63.6 Å². The van der Waals surface area contributed by atoms with Crippen LogP contribution in [0, 0.1) is 0 Å². The first kappa shape index (κ1) is 32.1. The van der Waals surface area contributed by atoms with Gasteiger partial charge >= 0.3 is 5.97 Å². The Kier molecular flexibility index (Phi) is 10.5. The summed E-state index contributed by atoms with van der Waals surface area (Å²) in [5, 5.41) is 11.1. The zero-order valence-electron chi connectivity index (χ0n) is 24.7. The molecular weight excluding hydrogens is 512 g/mol. The van der Waals surface area contributed by atoms with Crippen LogP contribution in [-0.4, -0.2) is 52.3 Å². The Morgan fingerprint density at radius 1 is 0.789 bits per heavy atom. The summed E-state index contributed by atoms with van der Waals surface area (Å²) >= 11 is 0. The van der Waals surface area contributed by atoms with Crippen molar-refractivity contribution in [3.05, 3.63) is 71.8 Å². The van der Waals surface area contributed by atoms with Crippen molar-refractivity contribution in [3.63, 3.8) is 0 Å². The fourth-order valence-electron chi connectivity index (χ4n) is 3.23. The Hall–Kier alpha value is -2.11. The summed E-state index contributed by atoms with van der Waals surface area (Å²) in [5.74, 6) is -1.13. The molecule has 0 bridgehead atoms. The van der Waals surface area contributed by atoms with E-state index in [-0.39, 0.29) is 16.7 Å². The van der Waals surface area contributed by atoms with E-state index in [1.807, 2.05) is 19.2 Å². The molecule has 0 aliphatic carbocycles. The maximum Gasteiger partial charge on any atom is 0.338 e. The van der Waals surface area contributed by atoms with Crippen LogP contribution >= 0.6 is 0 Å². The second-order valence-electron chi connectivity index (χ2n) is 12.9. The zero-order valence-corrected chi connectivity index (χ0v) is 26.7. The van der Waals surface area contributed by atoms with Gasteiger partial charge in [0.05, 0.1) is 12.2 Å². The highest BCUT2D eigenvalue weighted by Crippen LogP contribution is 2.40. The van der Waals surface area contributed by atoms with Crippen molar-refractivity contribution in [2.45, 2.75) is 96.1 Å². The van der Waals surface area contributed by atoms with Crippen molar-refractivity contribution in [1.82, 2.24) is 0 Å². The fourth-order valence-corrected chi connectivity index (χ4v) is 5.46. The highest BCUT2D eigenvalue weighted by Gasteiger charge is 2.46. The number of aliphatic hydroxyl groups is 1. The van der Waals surface area contributed by atoms with Gasteiger partial charge < -0.3 is 18.7 Å². The molecule has 0 saturated heterocycles. The Morgan fingerprint density at radius 3 is 1.74 bits per heavy atom. The van der Waals surface area contributed by atoms with E-state index in [1.54, 1.807) is 54.6 Å². The first-order valence-corrected chi connectivity index (χ1v) is 19.0. The number of carbonyl (C=O) groups excluding carboxylic acids is 2. The molecule has 0 radical (unpaired) electrons. The molecule has 0 heterocycles. The minimum atomic E-state index is -2.52. The first-order chi connectivity index (χ1) is 17.4. The van der Waals surface area contributed by atoms with Crippen molar-refractivity contribution in [3.8, 4) is 0 Å². The molecule has 2 rings (SSSR count). The number of rotatable bonds is 11. The number of ether oxygens (including phenoxy) is 1. The molecule has 0 aliphatic heterocycles. The average molecular weight is 559 g/mol. The molecule has 0 aromatic heterocycles. The third-order valence-corrected chi connectivity index (χ3v) is 16.9. The van der Waals surface area contributed by atoms with E-state index in [4.69, 9.17) is 13.6 Å². The topological polar surface area (TPSA) is 82.1 Å². The number of aliphatic hydroxyl groups excluding tert-OH is 1. The maximum atomic E-state index is 14.2. The minimum Gasteiger partial charge on any atom is -0.448 e. The Bertz CT molecular complexity index is 1060. The normalized spacial score (nSPS) is 15.4. The van der Waals surface area contributed by atoms with Crippen LogP contribution in [0.5, 0.6) is 0 Å². The summed E-state index contributed by atoms with van der Waals surface area (Å²) in [6, 6.07) is 17.5. The summed E-state index contributed by atoms with van der Waals surface area (Å²) in [7, 11) is -4.80. The largest absolute Gasteiger partial charge is 0.448 e. The molecule has 0 unspecified atom stereocenters.